The molecule has 5 nitrogen and oxygen atoms in total. The summed E-state index contributed by atoms with van der Waals surface area (Å²) in [5.74, 6) is -0.427. The van der Waals surface area contributed by atoms with Crippen LogP contribution in [0, 0.1) is 5.82 Å². The van der Waals surface area contributed by atoms with E-state index < -0.39 is 0 Å². The second-order valence-electron chi connectivity index (χ2n) is 6.03. The van der Waals surface area contributed by atoms with Gasteiger partial charge in [-0.2, -0.15) is 5.10 Å². The molecule has 3 aromatic rings. The lowest BCUT2D eigenvalue weighted by molar-refractivity contribution is 0.0949. The summed E-state index contributed by atoms with van der Waals surface area (Å²) >= 11 is 0. The predicted octanol–water partition coefficient (Wildman–Crippen LogP) is 3.46. The highest BCUT2D eigenvalue weighted by molar-refractivity contribution is 5.95. The van der Waals surface area contributed by atoms with Crippen molar-refractivity contribution in [3.05, 3.63) is 77.6 Å². The molecule has 1 N–H and O–H groups in total. The van der Waals surface area contributed by atoms with Crippen LogP contribution in [0.5, 0.6) is 0 Å². The first-order valence-electron chi connectivity index (χ1n) is 8.07. The minimum absolute atomic E-state index is 0.0756. The quantitative estimate of drug-likeness (QED) is 0.775. The Kier molecular flexibility index (Phi) is 4.88. The number of halogens is 1. The summed E-state index contributed by atoms with van der Waals surface area (Å²) in [6.45, 7) is 4.38. The Morgan fingerprint density at radius 3 is 2.60 bits per heavy atom. The number of hydrogen-bond donors (Lipinski definition) is 1. The first-order valence-corrected chi connectivity index (χ1v) is 8.07. The SMILES string of the molecule is CC(C)c1c(C(=O)NCc2cccnc2)cnn1-c1ccc(F)cc1. The molecule has 1 amide bonds. The summed E-state index contributed by atoms with van der Waals surface area (Å²) in [5.41, 5.74) is 2.95. The van der Waals surface area contributed by atoms with Gasteiger partial charge < -0.3 is 5.32 Å². The second-order valence-corrected chi connectivity index (χ2v) is 6.03. The molecule has 0 aliphatic rings. The molecule has 0 saturated carbocycles. The van der Waals surface area contributed by atoms with Crippen molar-refractivity contribution in [2.45, 2.75) is 26.3 Å². The smallest absolute Gasteiger partial charge is 0.255 e. The number of benzene rings is 1. The average Bonchev–Trinajstić information content (AvgIpc) is 3.06. The van der Waals surface area contributed by atoms with Crippen LogP contribution in [0.3, 0.4) is 0 Å². The van der Waals surface area contributed by atoms with E-state index >= 15 is 0 Å². The van der Waals surface area contributed by atoms with E-state index in [2.05, 4.69) is 15.4 Å². The van der Waals surface area contributed by atoms with Gasteiger partial charge in [-0.1, -0.05) is 19.9 Å². The van der Waals surface area contributed by atoms with E-state index in [9.17, 15) is 9.18 Å². The molecule has 0 fully saturated rings. The van der Waals surface area contributed by atoms with Crippen molar-refractivity contribution in [3.63, 3.8) is 0 Å². The number of aromatic nitrogens is 3. The molecule has 0 unspecified atom stereocenters. The maximum absolute atomic E-state index is 13.2. The molecular weight excluding hydrogens is 319 g/mol. The summed E-state index contributed by atoms with van der Waals surface area (Å²) in [5, 5.41) is 7.23. The summed E-state index contributed by atoms with van der Waals surface area (Å²) in [6, 6.07) is 9.77. The first kappa shape index (κ1) is 16.8. The van der Waals surface area contributed by atoms with Crippen molar-refractivity contribution in [2.24, 2.45) is 0 Å². The van der Waals surface area contributed by atoms with Crippen molar-refractivity contribution in [1.29, 1.82) is 0 Å². The van der Waals surface area contributed by atoms with E-state index in [0.717, 1.165) is 16.9 Å². The fourth-order valence-corrected chi connectivity index (χ4v) is 2.66. The van der Waals surface area contributed by atoms with Crippen molar-refractivity contribution < 1.29 is 9.18 Å². The molecule has 0 aliphatic carbocycles. The zero-order valence-corrected chi connectivity index (χ0v) is 14.1. The summed E-state index contributed by atoms with van der Waals surface area (Å²) in [7, 11) is 0. The Balaban J connectivity index is 1.86. The number of hydrogen-bond acceptors (Lipinski definition) is 3. The van der Waals surface area contributed by atoms with Gasteiger partial charge in [0.15, 0.2) is 0 Å². The fraction of sp³-hybridized carbons (Fsp3) is 0.211. The molecule has 25 heavy (non-hydrogen) atoms. The van der Waals surface area contributed by atoms with Crippen molar-refractivity contribution in [2.75, 3.05) is 0 Å². The van der Waals surface area contributed by atoms with Crippen LogP contribution in [0.4, 0.5) is 4.39 Å². The first-order chi connectivity index (χ1) is 12.1. The number of carbonyl (C=O) groups is 1. The Labute approximate surface area is 145 Å². The molecule has 0 aliphatic heterocycles. The van der Waals surface area contributed by atoms with E-state index in [0.29, 0.717) is 12.1 Å². The van der Waals surface area contributed by atoms with Crippen LogP contribution in [0.25, 0.3) is 5.69 Å². The molecular formula is C19H19FN4O. The third-order valence-electron chi connectivity index (χ3n) is 3.85. The zero-order valence-electron chi connectivity index (χ0n) is 14.1. The molecule has 0 atom stereocenters. The van der Waals surface area contributed by atoms with Gasteiger partial charge in [0, 0.05) is 18.9 Å². The van der Waals surface area contributed by atoms with Gasteiger partial charge in [0.1, 0.15) is 5.82 Å². The van der Waals surface area contributed by atoms with Crippen molar-refractivity contribution >= 4 is 5.91 Å². The monoisotopic (exact) mass is 338 g/mol. The highest BCUT2D eigenvalue weighted by Crippen LogP contribution is 2.23. The number of pyridine rings is 1. The van der Waals surface area contributed by atoms with Crippen LogP contribution in [0.15, 0.2) is 55.0 Å². The van der Waals surface area contributed by atoms with Gasteiger partial charge in [0.2, 0.25) is 0 Å². The maximum atomic E-state index is 13.2. The van der Waals surface area contributed by atoms with E-state index in [1.54, 1.807) is 35.4 Å². The molecule has 0 bridgehead atoms. The lowest BCUT2D eigenvalue weighted by atomic mass is 10.0. The maximum Gasteiger partial charge on any atom is 0.255 e. The fourth-order valence-electron chi connectivity index (χ4n) is 2.66. The Bertz CT molecular complexity index is 857. The van der Waals surface area contributed by atoms with Crippen LogP contribution in [-0.2, 0) is 6.54 Å². The minimum Gasteiger partial charge on any atom is -0.348 e. The largest absolute Gasteiger partial charge is 0.348 e. The molecule has 1 aromatic carbocycles. The van der Waals surface area contributed by atoms with Crippen molar-refractivity contribution in [3.8, 4) is 5.69 Å². The van der Waals surface area contributed by atoms with Gasteiger partial charge in [-0.25, -0.2) is 9.07 Å². The summed E-state index contributed by atoms with van der Waals surface area (Å²) in [6.07, 6.45) is 4.96. The Morgan fingerprint density at radius 2 is 1.96 bits per heavy atom. The molecule has 2 heterocycles. The predicted molar refractivity (Wildman–Crippen MR) is 93.0 cm³/mol. The highest BCUT2D eigenvalue weighted by Gasteiger charge is 2.20. The normalized spacial score (nSPS) is 10.9. The highest BCUT2D eigenvalue weighted by atomic mass is 19.1. The topological polar surface area (TPSA) is 59.8 Å². The average molecular weight is 338 g/mol. The van der Waals surface area contributed by atoms with Gasteiger partial charge in [0.25, 0.3) is 5.91 Å². The molecule has 2 aromatic heterocycles. The number of amides is 1. The lowest BCUT2D eigenvalue weighted by Gasteiger charge is -2.13. The van der Waals surface area contributed by atoms with E-state index in [4.69, 9.17) is 0 Å². The van der Waals surface area contributed by atoms with Gasteiger partial charge in [-0.05, 0) is 41.8 Å². The van der Waals surface area contributed by atoms with E-state index in [1.165, 1.54) is 12.1 Å². The lowest BCUT2D eigenvalue weighted by Crippen LogP contribution is -2.24. The van der Waals surface area contributed by atoms with Gasteiger partial charge in [-0.15, -0.1) is 0 Å². The van der Waals surface area contributed by atoms with Crippen LogP contribution in [0.2, 0.25) is 0 Å². The molecule has 3 rings (SSSR count). The van der Waals surface area contributed by atoms with Crippen LogP contribution in [0.1, 0.15) is 41.4 Å². The summed E-state index contributed by atoms with van der Waals surface area (Å²) < 4.78 is 14.8. The third-order valence-corrected chi connectivity index (χ3v) is 3.85. The molecule has 6 heteroatoms. The number of carbonyl (C=O) groups excluding carboxylic acids is 1. The summed E-state index contributed by atoms with van der Waals surface area (Å²) in [4.78, 5) is 16.6. The van der Waals surface area contributed by atoms with Gasteiger partial charge in [0.05, 0.1) is 23.1 Å². The number of nitrogens with zero attached hydrogens (tertiary/aromatic N) is 3. The standard InChI is InChI=1S/C19H19FN4O/c1-13(2)18-17(19(25)22-11-14-4-3-9-21-10-14)12-23-24(18)16-7-5-15(20)6-8-16/h3-10,12-13H,11H2,1-2H3,(H,22,25). The third kappa shape index (κ3) is 3.74. The van der Waals surface area contributed by atoms with Crippen molar-refractivity contribution in [1.82, 2.24) is 20.1 Å². The molecule has 0 radical (unpaired) electrons. The molecule has 0 saturated heterocycles. The van der Waals surface area contributed by atoms with Gasteiger partial charge in [-0.3, -0.25) is 9.78 Å². The van der Waals surface area contributed by atoms with Gasteiger partial charge >= 0.3 is 0 Å². The minimum atomic E-state index is -0.309. The second kappa shape index (κ2) is 7.25. The molecule has 0 spiro atoms. The van der Waals surface area contributed by atoms with Crippen LogP contribution < -0.4 is 5.32 Å². The van der Waals surface area contributed by atoms with Crippen LogP contribution >= 0.6 is 0 Å². The van der Waals surface area contributed by atoms with E-state index in [1.807, 2.05) is 26.0 Å². The van der Waals surface area contributed by atoms with E-state index in [-0.39, 0.29) is 17.6 Å². The van der Waals surface area contributed by atoms with Crippen LogP contribution in [-0.4, -0.2) is 20.7 Å². The Hall–Kier alpha value is -3.02. The molecule has 128 valence electrons. The number of rotatable bonds is 5. The number of nitrogens with one attached hydrogen (secondary N) is 1. The zero-order chi connectivity index (χ0) is 17.8. The Morgan fingerprint density at radius 1 is 1.20 bits per heavy atom.